The molecule has 4 unspecified atom stereocenters. The molecule has 0 aliphatic carbocycles. The van der Waals surface area contributed by atoms with Crippen molar-refractivity contribution in [1.82, 2.24) is 10.2 Å². The number of nitrogens with zero attached hydrogens (tertiary/aromatic N) is 1. The monoisotopic (exact) mass is 286 g/mol. The van der Waals surface area contributed by atoms with Crippen molar-refractivity contribution in [2.24, 2.45) is 5.92 Å². The van der Waals surface area contributed by atoms with Gasteiger partial charge in [0.1, 0.15) is 0 Å². The molecular formula is C14H26N2O4. The second-order valence-corrected chi connectivity index (χ2v) is 5.59. The van der Waals surface area contributed by atoms with Gasteiger partial charge in [-0.2, -0.15) is 0 Å². The minimum Gasteiger partial charge on any atom is -0.481 e. The highest BCUT2D eigenvalue weighted by molar-refractivity contribution is 5.81. The predicted molar refractivity (Wildman–Crippen MR) is 75.5 cm³/mol. The summed E-state index contributed by atoms with van der Waals surface area (Å²) in [5.74, 6) is -1.50. The van der Waals surface area contributed by atoms with Crippen LogP contribution in [0.5, 0.6) is 0 Å². The number of carbonyl (C=O) groups excluding carboxylic acids is 1. The zero-order valence-corrected chi connectivity index (χ0v) is 12.8. The van der Waals surface area contributed by atoms with Crippen molar-refractivity contribution in [2.75, 3.05) is 20.3 Å². The lowest BCUT2D eigenvalue weighted by molar-refractivity contribution is -0.144. The van der Waals surface area contributed by atoms with Crippen molar-refractivity contribution in [2.45, 2.75) is 51.7 Å². The first kappa shape index (κ1) is 16.9. The molecule has 1 amide bonds. The summed E-state index contributed by atoms with van der Waals surface area (Å²) in [6.07, 6.45) is 1.95. The van der Waals surface area contributed by atoms with Gasteiger partial charge >= 0.3 is 5.97 Å². The number of hydrogen-bond donors (Lipinski definition) is 2. The Hall–Kier alpha value is -1.14. The van der Waals surface area contributed by atoms with Crippen LogP contribution in [0.3, 0.4) is 0 Å². The number of likely N-dealkylation sites (N-methyl/N-ethyl adjacent to an activating group) is 1. The van der Waals surface area contributed by atoms with E-state index in [1.54, 1.807) is 18.9 Å². The molecule has 1 fully saturated rings. The number of ether oxygens (including phenoxy) is 1. The molecule has 6 heteroatoms. The van der Waals surface area contributed by atoms with E-state index in [-0.39, 0.29) is 30.6 Å². The van der Waals surface area contributed by atoms with E-state index in [1.165, 1.54) is 0 Å². The lowest BCUT2D eigenvalue weighted by Crippen LogP contribution is -2.52. The molecule has 1 aliphatic heterocycles. The van der Waals surface area contributed by atoms with Crippen molar-refractivity contribution < 1.29 is 19.4 Å². The molecule has 0 radical (unpaired) electrons. The smallest absolute Gasteiger partial charge is 0.310 e. The van der Waals surface area contributed by atoms with Crippen LogP contribution in [0.1, 0.15) is 33.6 Å². The Kier molecular flexibility index (Phi) is 6.42. The van der Waals surface area contributed by atoms with Gasteiger partial charge in [0.05, 0.1) is 25.2 Å². The van der Waals surface area contributed by atoms with E-state index in [1.807, 2.05) is 6.92 Å². The Morgan fingerprint density at radius 3 is 2.60 bits per heavy atom. The second kappa shape index (κ2) is 7.59. The Morgan fingerprint density at radius 2 is 2.05 bits per heavy atom. The maximum absolute atomic E-state index is 12.2. The van der Waals surface area contributed by atoms with E-state index in [9.17, 15) is 9.59 Å². The van der Waals surface area contributed by atoms with Crippen LogP contribution < -0.4 is 5.32 Å². The normalized spacial score (nSPS) is 25.4. The highest BCUT2D eigenvalue weighted by Crippen LogP contribution is 2.20. The molecule has 0 aromatic heterocycles. The van der Waals surface area contributed by atoms with Gasteiger partial charge in [-0.3, -0.25) is 14.5 Å². The first-order chi connectivity index (χ1) is 9.38. The van der Waals surface area contributed by atoms with E-state index in [0.29, 0.717) is 6.61 Å². The highest BCUT2D eigenvalue weighted by Gasteiger charge is 2.39. The summed E-state index contributed by atoms with van der Waals surface area (Å²) in [6.45, 7) is 6.42. The van der Waals surface area contributed by atoms with E-state index >= 15 is 0 Å². The Bertz CT molecular complexity index is 348. The van der Waals surface area contributed by atoms with Crippen LogP contribution in [0.15, 0.2) is 0 Å². The van der Waals surface area contributed by atoms with Crippen molar-refractivity contribution in [3.63, 3.8) is 0 Å². The number of aliphatic carboxylic acids is 1. The number of carbonyl (C=O) groups is 2. The van der Waals surface area contributed by atoms with Crippen LogP contribution in [-0.2, 0) is 14.3 Å². The third kappa shape index (κ3) is 4.18. The summed E-state index contributed by atoms with van der Waals surface area (Å²) in [5.41, 5.74) is 0. The van der Waals surface area contributed by atoms with Crippen molar-refractivity contribution in [3.8, 4) is 0 Å². The van der Waals surface area contributed by atoms with Crippen molar-refractivity contribution in [3.05, 3.63) is 0 Å². The molecule has 6 nitrogen and oxygen atoms in total. The van der Waals surface area contributed by atoms with Crippen molar-refractivity contribution in [1.29, 1.82) is 0 Å². The number of hydrogen-bond acceptors (Lipinski definition) is 4. The number of carboxylic acids is 1. The molecule has 0 spiro atoms. The molecular weight excluding hydrogens is 260 g/mol. The maximum Gasteiger partial charge on any atom is 0.310 e. The fourth-order valence-corrected chi connectivity index (χ4v) is 2.52. The minimum absolute atomic E-state index is 0.0653. The molecule has 1 aliphatic rings. The SMILES string of the molecule is CCCC(C)NC(=O)C(C)N(C)C1COCC1C(=O)O. The van der Waals surface area contributed by atoms with Crippen LogP contribution >= 0.6 is 0 Å². The fraction of sp³-hybridized carbons (Fsp3) is 0.857. The molecule has 0 aromatic carbocycles. The summed E-state index contributed by atoms with van der Waals surface area (Å²) >= 11 is 0. The van der Waals surface area contributed by atoms with Gasteiger partial charge in [0.15, 0.2) is 0 Å². The summed E-state index contributed by atoms with van der Waals surface area (Å²) in [4.78, 5) is 25.1. The molecule has 116 valence electrons. The molecule has 2 N–H and O–H groups in total. The first-order valence-corrected chi connectivity index (χ1v) is 7.21. The zero-order chi connectivity index (χ0) is 15.3. The molecule has 0 saturated carbocycles. The van der Waals surface area contributed by atoms with Gasteiger partial charge in [-0.15, -0.1) is 0 Å². The molecule has 1 rings (SSSR count). The molecule has 0 aromatic rings. The van der Waals surface area contributed by atoms with Crippen LogP contribution in [0.4, 0.5) is 0 Å². The molecule has 1 saturated heterocycles. The van der Waals surface area contributed by atoms with Gasteiger partial charge in [-0.1, -0.05) is 13.3 Å². The average molecular weight is 286 g/mol. The molecule has 1 heterocycles. The van der Waals surface area contributed by atoms with E-state index in [4.69, 9.17) is 9.84 Å². The summed E-state index contributed by atoms with van der Waals surface area (Å²) in [7, 11) is 1.78. The van der Waals surface area contributed by atoms with Gasteiger partial charge < -0.3 is 15.2 Å². The summed E-state index contributed by atoms with van der Waals surface area (Å²) in [6, 6.07) is -0.490. The predicted octanol–water partition coefficient (Wildman–Crippen LogP) is 0.711. The van der Waals surface area contributed by atoms with Crippen LogP contribution in [-0.4, -0.2) is 60.3 Å². The maximum atomic E-state index is 12.2. The standard InChI is InChI=1S/C14H26N2O4/c1-5-6-9(2)15-13(17)10(3)16(4)12-8-20-7-11(12)14(18)19/h9-12H,5-8H2,1-4H3,(H,15,17)(H,18,19). The third-order valence-corrected chi connectivity index (χ3v) is 3.99. The van der Waals surface area contributed by atoms with Gasteiger partial charge in [0, 0.05) is 12.1 Å². The summed E-state index contributed by atoms with van der Waals surface area (Å²) < 4.78 is 5.25. The number of carboxylic acid groups (broad SMARTS) is 1. The molecule has 0 bridgehead atoms. The lowest BCUT2D eigenvalue weighted by Gasteiger charge is -2.31. The van der Waals surface area contributed by atoms with Gasteiger partial charge in [-0.05, 0) is 27.3 Å². The van der Waals surface area contributed by atoms with Gasteiger partial charge in [0.25, 0.3) is 0 Å². The highest BCUT2D eigenvalue weighted by atomic mass is 16.5. The largest absolute Gasteiger partial charge is 0.481 e. The Balaban J connectivity index is 2.59. The number of nitrogens with one attached hydrogen (secondary N) is 1. The third-order valence-electron chi connectivity index (χ3n) is 3.99. The van der Waals surface area contributed by atoms with Crippen molar-refractivity contribution >= 4 is 11.9 Å². The van der Waals surface area contributed by atoms with Gasteiger partial charge in [-0.25, -0.2) is 0 Å². The second-order valence-electron chi connectivity index (χ2n) is 5.59. The zero-order valence-electron chi connectivity index (χ0n) is 12.8. The first-order valence-electron chi connectivity index (χ1n) is 7.21. The number of amides is 1. The quantitative estimate of drug-likeness (QED) is 0.720. The van der Waals surface area contributed by atoms with Gasteiger partial charge in [0.2, 0.25) is 5.91 Å². The van der Waals surface area contributed by atoms with E-state index < -0.39 is 11.9 Å². The number of rotatable bonds is 7. The lowest BCUT2D eigenvalue weighted by atomic mass is 10.0. The summed E-state index contributed by atoms with van der Waals surface area (Å²) in [5, 5.41) is 12.1. The fourth-order valence-electron chi connectivity index (χ4n) is 2.52. The molecule has 4 atom stereocenters. The Morgan fingerprint density at radius 1 is 1.40 bits per heavy atom. The van der Waals surface area contributed by atoms with Crippen LogP contribution in [0.25, 0.3) is 0 Å². The topological polar surface area (TPSA) is 78.9 Å². The van der Waals surface area contributed by atoms with Crippen LogP contribution in [0.2, 0.25) is 0 Å². The molecule has 20 heavy (non-hydrogen) atoms. The van der Waals surface area contributed by atoms with Crippen LogP contribution in [0, 0.1) is 5.92 Å². The van der Waals surface area contributed by atoms with E-state index in [2.05, 4.69) is 12.2 Å². The van der Waals surface area contributed by atoms with E-state index in [0.717, 1.165) is 12.8 Å². The average Bonchev–Trinajstić information content (AvgIpc) is 2.86. The Labute approximate surface area is 120 Å². The minimum atomic E-state index is -0.869.